The van der Waals surface area contributed by atoms with Gasteiger partial charge in [-0.1, -0.05) is 6.92 Å². The number of hydrogen-bond donors (Lipinski definition) is 2. The zero-order chi connectivity index (χ0) is 15.7. The molecule has 0 fully saturated rings. The fourth-order valence-electron chi connectivity index (χ4n) is 1.89. The molecule has 0 aromatic carbocycles. The van der Waals surface area contributed by atoms with Crippen LogP contribution in [-0.2, 0) is 19.1 Å². The van der Waals surface area contributed by atoms with Gasteiger partial charge >= 0.3 is 12.1 Å². The van der Waals surface area contributed by atoms with Gasteiger partial charge < -0.3 is 15.4 Å². The lowest BCUT2D eigenvalue weighted by Gasteiger charge is -2.31. The summed E-state index contributed by atoms with van der Waals surface area (Å²) in [6, 6.07) is 0. The van der Waals surface area contributed by atoms with Crippen molar-refractivity contribution in [2.75, 3.05) is 7.11 Å². The number of allylic oxidation sites excluding steroid dienone is 1. The number of carbonyl (C=O) groups is 3. The van der Waals surface area contributed by atoms with Gasteiger partial charge in [-0.3, -0.25) is 9.59 Å². The van der Waals surface area contributed by atoms with E-state index in [2.05, 4.69) is 4.74 Å². The number of alkyl halides is 3. The van der Waals surface area contributed by atoms with E-state index in [4.69, 9.17) is 0 Å². The molecule has 1 atom stereocenters. The van der Waals surface area contributed by atoms with Crippen LogP contribution in [0.15, 0.2) is 11.3 Å². The largest absolute Gasteiger partial charge is 0.466 e. The summed E-state index contributed by atoms with van der Waals surface area (Å²) >= 11 is 0. The van der Waals surface area contributed by atoms with Crippen molar-refractivity contribution in [3.05, 3.63) is 11.3 Å². The highest BCUT2D eigenvalue weighted by Crippen LogP contribution is 2.41. The number of rotatable bonds is 3. The molecule has 1 heterocycles. The summed E-state index contributed by atoms with van der Waals surface area (Å²) in [5.41, 5.74) is -4.69. The topological polar surface area (TPSA) is 84.5 Å². The number of ether oxygens (including phenoxy) is 1. The molecule has 0 aliphatic carbocycles. The Hall–Kier alpha value is -2.06. The highest BCUT2D eigenvalue weighted by molar-refractivity contribution is 6.10. The van der Waals surface area contributed by atoms with Gasteiger partial charge in [0.15, 0.2) is 0 Å². The van der Waals surface area contributed by atoms with Crippen LogP contribution in [0.3, 0.4) is 0 Å². The van der Waals surface area contributed by atoms with Crippen LogP contribution in [0, 0.1) is 0 Å². The summed E-state index contributed by atoms with van der Waals surface area (Å²) in [6.45, 7) is 2.44. The Labute approximate surface area is 112 Å². The van der Waals surface area contributed by atoms with Crippen molar-refractivity contribution in [2.24, 2.45) is 0 Å². The molecule has 9 heteroatoms. The zero-order valence-corrected chi connectivity index (χ0v) is 11.0. The molecule has 6 nitrogen and oxygen atoms in total. The molecule has 1 rings (SSSR count). The Bertz CT molecular complexity index is 498. The van der Waals surface area contributed by atoms with Crippen LogP contribution in [-0.4, -0.2) is 36.6 Å². The van der Waals surface area contributed by atoms with Gasteiger partial charge in [0.1, 0.15) is 5.57 Å². The first-order chi connectivity index (χ1) is 9.11. The molecule has 0 saturated heterocycles. The lowest BCUT2D eigenvalue weighted by atomic mass is 9.89. The van der Waals surface area contributed by atoms with E-state index in [9.17, 15) is 27.6 Å². The third-order valence-electron chi connectivity index (χ3n) is 2.85. The molecule has 112 valence electrons. The predicted octanol–water partition coefficient (Wildman–Crippen LogP) is 0.390. The van der Waals surface area contributed by atoms with Crippen LogP contribution in [0.25, 0.3) is 0 Å². The highest BCUT2D eigenvalue weighted by Gasteiger charge is 2.68. The molecule has 0 radical (unpaired) electrons. The molecule has 1 aliphatic rings. The average molecular weight is 294 g/mol. The lowest BCUT2D eigenvalue weighted by molar-refractivity contribution is -0.192. The number of methoxy groups -OCH3 is 1. The van der Waals surface area contributed by atoms with Crippen LogP contribution in [0.1, 0.15) is 20.3 Å². The minimum atomic E-state index is -5.19. The normalized spacial score (nSPS) is 22.6. The number of carbonyl (C=O) groups excluding carboxylic acids is 3. The van der Waals surface area contributed by atoms with Crippen molar-refractivity contribution >= 4 is 17.8 Å². The predicted molar refractivity (Wildman–Crippen MR) is 60.1 cm³/mol. The first-order valence-corrected chi connectivity index (χ1v) is 5.60. The monoisotopic (exact) mass is 294 g/mol. The third kappa shape index (κ3) is 2.23. The van der Waals surface area contributed by atoms with E-state index in [-0.39, 0.29) is 12.1 Å². The molecular formula is C11H13F3N2O4. The second-order valence-electron chi connectivity index (χ2n) is 4.10. The summed E-state index contributed by atoms with van der Waals surface area (Å²) in [4.78, 5) is 34.7. The van der Waals surface area contributed by atoms with E-state index in [1.807, 2.05) is 5.32 Å². The van der Waals surface area contributed by atoms with Crippen LogP contribution in [0.2, 0.25) is 0 Å². The van der Waals surface area contributed by atoms with Crippen LogP contribution >= 0.6 is 0 Å². The summed E-state index contributed by atoms with van der Waals surface area (Å²) in [6.07, 6.45) is -5.47. The van der Waals surface area contributed by atoms with Crippen molar-refractivity contribution in [2.45, 2.75) is 32.0 Å². The minimum absolute atomic E-state index is 0.279. The van der Waals surface area contributed by atoms with E-state index in [1.54, 1.807) is 5.32 Å². The molecule has 1 aliphatic heterocycles. The van der Waals surface area contributed by atoms with Crippen LogP contribution in [0.4, 0.5) is 13.2 Å². The van der Waals surface area contributed by atoms with Gasteiger partial charge in [-0.05, 0) is 6.92 Å². The Balaban J connectivity index is 3.51. The smallest absolute Gasteiger partial charge is 0.425 e. The molecule has 0 aromatic rings. The molecule has 1 unspecified atom stereocenters. The molecule has 2 N–H and O–H groups in total. The van der Waals surface area contributed by atoms with Crippen molar-refractivity contribution in [1.29, 1.82) is 0 Å². The maximum absolute atomic E-state index is 13.4. The van der Waals surface area contributed by atoms with Gasteiger partial charge in [0.25, 0.3) is 5.91 Å². The van der Waals surface area contributed by atoms with E-state index < -0.39 is 35.1 Å². The van der Waals surface area contributed by atoms with Crippen molar-refractivity contribution in [3.63, 3.8) is 0 Å². The lowest BCUT2D eigenvalue weighted by Crippen LogP contribution is -2.65. The fourth-order valence-corrected chi connectivity index (χ4v) is 1.89. The van der Waals surface area contributed by atoms with Gasteiger partial charge in [-0.25, -0.2) is 4.79 Å². The third-order valence-corrected chi connectivity index (χ3v) is 2.85. The first kappa shape index (κ1) is 16.0. The van der Waals surface area contributed by atoms with E-state index in [0.29, 0.717) is 0 Å². The minimum Gasteiger partial charge on any atom is -0.466 e. The quantitative estimate of drug-likeness (QED) is 0.738. The SMILES string of the molecule is CCC(=O)NC1(C(F)(F)F)C(=O)NC(C)=C1C(=O)OC. The van der Waals surface area contributed by atoms with E-state index in [1.165, 1.54) is 6.92 Å². The van der Waals surface area contributed by atoms with Gasteiger partial charge in [0, 0.05) is 12.1 Å². The Morgan fingerprint density at radius 1 is 1.40 bits per heavy atom. The summed E-state index contributed by atoms with van der Waals surface area (Å²) in [5, 5.41) is 3.51. The summed E-state index contributed by atoms with van der Waals surface area (Å²) in [5.74, 6) is -3.90. The van der Waals surface area contributed by atoms with Gasteiger partial charge in [-0.2, -0.15) is 13.2 Å². The number of amides is 2. The van der Waals surface area contributed by atoms with Crippen molar-refractivity contribution in [1.82, 2.24) is 10.6 Å². The van der Waals surface area contributed by atoms with Gasteiger partial charge in [-0.15, -0.1) is 0 Å². The molecule has 0 saturated carbocycles. The van der Waals surface area contributed by atoms with E-state index in [0.717, 1.165) is 14.0 Å². The second kappa shape index (κ2) is 5.14. The number of esters is 1. The highest BCUT2D eigenvalue weighted by atomic mass is 19.4. The molecule has 0 spiro atoms. The molecule has 20 heavy (non-hydrogen) atoms. The number of nitrogens with one attached hydrogen (secondary N) is 2. The van der Waals surface area contributed by atoms with Crippen LogP contribution in [0.5, 0.6) is 0 Å². The Morgan fingerprint density at radius 3 is 2.35 bits per heavy atom. The Kier molecular flexibility index (Phi) is 4.11. The number of halogens is 3. The summed E-state index contributed by atoms with van der Waals surface area (Å²) < 4.78 is 44.4. The van der Waals surface area contributed by atoms with E-state index >= 15 is 0 Å². The second-order valence-corrected chi connectivity index (χ2v) is 4.10. The van der Waals surface area contributed by atoms with Crippen molar-refractivity contribution in [3.8, 4) is 0 Å². The summed E-state index contributed by atoms with van der Waals surface area (Å²) in [7, 11) is 0.883. The van der Waals surface area contributed by atoms with Gasteiger partial charge in [0.2, 0.25) is 11.4 Å². The zero-order valence-electron chi connectivity index (χ0n) is 11.0. The first-order valence-electron chi connectivity index (χ1n) is 5.60. The standard InChI is InChI=1S/C11H13F3N2O4/c1-4-6(17)16-10(11(12,13)14)7(8(18)20-3)5(2)15-9(10)19/h4H2,1-3H3,(H,15,19)(H,16,17). The molecule has 2 amide bonds. The maximum Gasteiger partial charge on any atom is 0.425 e. The number of hydrogen-bond acceptors (Lipinski definition) is 4. The van der Waals surface area contributed by atoms with Crippen LogP contribution < -0.4 is 10.6 Å². The maximum atomic E-state index is 13.4. The van der Waals surface area contributed by atoms with Gasteiger partial charge in [0.05, 0.1) is 7.11 Å². The molecule has 0 aromatic heterocycles. The fraction of sp³-hybridized carbons (Fsp3) is 0.545. The average Bonchev–Trinajstić information content (AvgIpc) is 2.60. The molecular weight excluding hydrogens is 281 g/mol. The van der Waals surface area contributed by atoms with Crippen molar-refractivity contribution < 1.29 is 32.3 Å². The molecule has 0 bridgehead atoms. The Morgan fingerprint density at radius 2 is 1.95 bits per heavy atom.